The largest absolute Gasteiger partial charge is 0.495 e. The van der Waals surface area contributed by atoms with E-state index in [-0.39, 0.29) is 0 Å². The van der Waals surface area contributed by atoms with Gasteiger partial charge in [-0.3, -0.25) is 4.90 Å². The van der Waals surface area contributed by atoms with E-state index in [1.165, 1.54) is 0 Å². The van der Waals surface area contributed by atoms with Crippen LogP contribution in [-0.2, 0) is 11.3 Å². The number of benzene rings is 2. The van der Waals surface area contributed by atoms with Gasteiger partial charge in [0.05, 0.1) is 33.1 Å². The van der Waals surface area contributed by atoms with Crippen molar-refractivity contribution >= 4 is 0 Å². The molecule has 1 aromatic heterocycles. The Labute approximate surface area is 199 Å². The molecule has 3 aliphatic heterocycles. The zero-order valence-corrected chi connectivity index (χ0v) is 19.5. The fourth-order valence-electron chi connectivity index (χ4n) is 5.14. The van der Waals surface area contributed by atoms with Crippen LogP contribution in [0, 0.1) is 5.41 Å². The van der Waals surface area contributed by atoms with Crippen molar-refractivity contribution in [2.24, 2.45) is 5.41 Å². The number of ether oxygens (including phenoxy) is 5. The van der Waals surface area contributed by atoms with E-state index in [0.29, 0.717) is 24.5 Å². The highest BCUT2D eigenvalue weighted by Crippen LogP contribution is 2.43. The normalized spacial score (nSPS) is 18.2. The minimum absolute atomic E-state index is 0.391. The number of fused-ring (bicyclic) bond motifs is 1. The van der Waals surface area contributed by atoms with Crippen LogP contribution < -0.4 is 18.9 Å². The Hall–Kier alpha value is -3.29. The van der Waals surface area contributed by atoms with Crippen LogP contribution in [0.4, 0.5) is 0 Å². The third-order valence-corrected chi connectivity index (χ3v) is 6.81. The molecule has 7 heteroatoms. The molecule has 7 nitrogen and oxygen atoms in total. The summed E-state index contributed by atoms with van der Waals surface area (Å²) >= 11 is 0. The maximum Gasteiger partial charge on any atom is 0.218 e. The fraction of sp³-hybridized carbons (Fsp3) is 0.370. The van der Waals surface area contributed by atoms with Crippen LogP contribution in [0.3, 0.4) is 0 Å². The van der Waals surface area contributed by atoms with Crippen LogP contribution in [0.1, 0.15) is 5.56 Å². The van der Waals surface area contributed by atoms with Crippen molar-refractivity contribution in [1.82, 2.24) is 9.88 Å². The summed E-state index contributed by atoms with van der Waals surface area (Å²) in [5, 5.41) is 0. The van der Waals surface area contributed by atoms with Gasteiger partial charge in [0, 0.05) is 41.7 Å². The molecule has 2 saturated heterocycles. The SMILES string of the molecule is COc1nc(-c2cccc(-c3ccc4c(c3)OCCO4)c2OC)ccc1CN1CC2(COC2)C1. The van der Waals surface area contributed by atoms with Crippen molar-refractivity contribution in [3.05, 3.63) is 54.1 Å². The van der Waals surface area contributed by atoms with Crippen molar-refractivity contribution in [2.75, 3.05) is 53.7 Å². The zero-order chi connectivity index (χ0) is 23.1. The number of rotatable bonds is 6. The van der Waals surface area contributed by atoms with Gasteiger partial charge in [0.15, 0.2) is 11.5 Å². The molecule has 2 aromatic carbocycles. The monoisotopic (exact) mass is 460 g/mol. The summed E-state index contributed by atoms with van der Waals surface area (Å²) in [6.07, 6.45) is 0. The molecule has 0 saturated carbocycles. The molecular formula is C27H28N2O5. The number of hydrogen-bond donors (Lipinski definition) is 0. The van der Waals surface area contributed by atoms with E-state index >= 15 is 0 Å². The second kappa shape index (κ2) is 8.49. The number of methoxy groups -OCH3 is 2. The molecule has 1 spiro atoms. The number of aromatic nitrogens is 1. The Bertz CT molecular complexity index is 1220. The van der Waals surface area contributed by atoms with Gasteiger partial charge >= 0.3 is 0 Å². The lowest BCUT2D eigenvalue weighted by atomic mass is 9.78. The van der Waals surface area contributed by atoms with E-state index in [9.17, 15) is 0 Å². The van der Waals surface area contributed by atoms with Crippen molar-refractivity contribution in [3.8, 4) is 45.5 Å². The van der Waals surface area contributed by atoms with Gasteiger partial charge in [0.2, 0.25) is 5.88 Å². The molecule has 0 atom stereocenters. The predicted molar refractivity (Wildman–Crippen MR) is 128 cm³/mol. The van der Waals surface area contributed by atoms with Gasteiger partial charge < -0.3 is 23.7 Å². The highest BCUT2D eigenvalue weighted by Gasteiger charge is 2.48. The van der Waals surface area contributed by atoms with E-state index in [4.69, 9.17) is 28.7 Å². The molecule has 0 unspecified atom stereocenters. The van der Waals surface area contributed by atoms with Crippen LogP contribution in [0.5, 0.6) is 23.1 Å². The van der Waals surface area contributed by atoms with Crippen LogP contribution in [0.15, 0.2) is 48.5 Å². The molecular weight excluding hydrogens is 432 g/mol. The summed E-state index contributed by atoms with van der Waals surface area (Å²) < 4.78 is 28.4. The van der Waals surface area contributed by atoms with Crippen LogP contribution in [0.2, 0.25) is 0 Å². The molecule has 0 N–H and O–H groups in total. The smallest absolute Gasteiger partial charge is 0.218 e. The summed E-state index contributed by atoms with van der Waals surface area (Å²) in [5.41, 5.74) is 5.16. The molecule has 0 radical (unpaired) electrons. The van der Waals surface area contributed by atoms with Crippen LogP contribution >= 0.6 is 0 Å². The first kappa shape index (κ1) is 21.3. The van der Waals surface area contributed by atoms with Crippen molar-refractivity contribution < 1.29 is 23.7 Å². The van der Waals surface area contributed by atoms with Gasteiger partial charge in [-0.1, -0.05) is 24.3 Å². The standard InChI is InChI=1S/C27H28N2O5/c1-30-25-20(18-7-9-23-24(12-18)34-11-10-33-23)4-3-5-21(25)22-8-6-19(26(28-22)31-2)13-29-14-27(15-29)16-32-17-27/h3-9,12H,10-11,13-17H2,1-2H3. The molecule has 176 valence electrons. The molecule has 0 aliphatic carbocycles. The fourth-order valence-corrected chi connectivity index (χ4v) is 5.14. The quantitative estimate of drug-likeness (QED) is 0.550. The summed E-state index contributed by atoms with van der Waals surface area (Å²) in [4.78, 5) is 7.28. The number of pyridine rings is 1. The first-order chi connectivity index (χ1) is 16.7. The summed E-state index contributed by atoms with van der Waals surface area (Å²) in [7, 11) is 3.37. The lowest BCUT2D eigenvalue weighted by Gasteiger charge is -2.55. The molecule has 0 amide bonds. The zero-order valence-electron chi connectivity index (χ0n) is 19.5. The van der Waals surface area contributed by atoms with Gasteiger partial charge in [-0.25, -0.2) is 4.98 Å². The maximum atomic E-state index is 5.89. The predicted octanol–water partition coefficient (Wildman–Crippen LogP) is 4.04. The highest BCUT2D eigenvalue weighted by molar-refractivity contribution is 5.82. The number of likely N-dealkylation sites (tertiary alicyclic amines) is 1. The van der Waals surface area contributed by atoms with E-state index in [1.807, 2.05) is 42.5 Å². The Morgan fingerprint density at radius 2 is 1.71 bits per heavy atom. The third kappa shape index (κ3) is 3.65. The minimum atomic E-state index is 0.391. The van der Waals surface area contributed by atoms with Crippen molar-refractivity contribution in [2.45, 2.75) is 6.54 Å². The lowest BCUT2D eigenvalue weighted by Crippen LogP contribution is -2.65. The lowest BCUT2D eigenvalue weighted by molar-refractivity contribution is -0.191. The molecule has 6 rings (SSSR count). The third-order valence-electron chi connectivity index (χ3n) is 6.81. The van der Waals surface area contributed by atoms with Gasteiger partial charge in [-0.05, 0) is 29.8 Å². The second-order valence-electron chi connectivity index (χ2n) is 9.25. The van der Waals surface area contributed by atoms with E-state index in [1.54, 1.807) is 14.2 Å². The van der Waals surface area contributed by atoms with Gasteiger partial charge in [-0.2, -0.15) is 0 Å². The van der Waals surface area contributed by atoms with Crippen molar-refractivity contribution in [3.63, 3.8) is 0 Å². The average molecular weight is 461 g/mol. The van der Waals surface area contributed by atoms with Gasteiger partial charge in [0.25, 0.3) is 0 Å². The molecule has 2 fully saturated rings. The first-order valence-electron chi connectivity index (χ1n) is 11.6. The first-order valence-corrected chi connectivity index (χ1v) is 11.6. The number of para-hydroxylation sites is 1. The van der Waals surface area contributed by atoms with Crippen molar-refractivity contribution in [1.29, 1.82) is 0 Å². The van der Waals surface area contributed by atoms with E-state index in [2.05, 4.69) is 11.0 Å². The number of hydrogen-bond acceptors (Lipinski definition) is 7. The van der Waals surface area contributed by atoms with Gasteiger partial charge in [-0.15, -0.1) is 0 Å². The molecule has 0 bridgehead atoms. The summed E-state index contributed by atoms with van der Waals surface area (Å²) in [6, 6.07) is 16.2. The average Bonchev–Trinajstić information content (AvgIpc) is 2.84. The van der Waals surface area contributed by atoms with Crippen LogP contribution in [0.25, 0.3) is 22.4 Å². The summed E-state index contributed by atoms with van der Waals surface area (Å²) in [6.45, 7) is 5.87. The van der Waals surface area contributed by atoms with Gasteiger partial charge in [0.1, 0.15) is 19.0 Å². The Balaban J connectivity index is 1.30. The van der Waals surface area contributed by atoms with Crippen LogP contribution in [-0.4, -0.2) is 63.6 Å². The van der Waals surface area contributed by atoms with E-state index < -0.39 is 0 Å². The maximum absolute atomic E-state index is 5.89. The van der Waals surface area contributed by atoms with E-state index in [0.717, 1.165) is 78.0 Å². The summed E-state index contributed by atoms with van der Waals surface area (Å²) in [5.74, 6) is 2.93. The minimum Gasteiger partial charge on any atom is -0.495 e. The molecule has 3 aromatic rings. The molecule has 4 heterocycles. The molecule has 3 aliphatic rings. The number of nitrogens with zero attached hydrogens (tertiary/aromatic N) is 2. The topological polar surface area (TPSA) is 62.3 Å². The Morgan fingerprint density at radius 3 is 2.44 bits per heavy atom. The Morgan fingerprint density at radius 1 is 0.912 bits per heavy atom. The Kier molecular flexibility index (Phi) is 5.31. The molecule has 34 heavy (non-hydrogen) atoms. The highest BCUT2D eigenvalue weighted by atomic mass is 16.6. The second-order valence-corrected chi connectivity index (χ2v) is 9.25.